The van der Waals surface area contributed by atoms with Crippen molar-refractivity contribution >= 4 is 49.5 Å². The Bertz CT molecular complexity index is 853. The van der Waals surface area contributed by atoms with Gasteiger partial charge in [0.1, 0.15) is 0 Å². The van der Waals surface area contributed by atoms with Crippen LogP contribution >= 0.6 is 0 Å². The van der Waals surface area contributed by atoms with Gasteiger partial charge in [-0.2, -0.15) is 0 Å². The van der Waals surface area contributed by atoms with Crippen molar-refractivity contribution in [2.45, 2.75) is 19.7 Å². The summed E-state index contributed by atoms with van der Waals surface area (Å²) in [5.74, 6) is 0. The van der Waals surface area contributed by atoms with Gasteiger partial charge in [-0.1, -0.05) is 0 Å². The van der Waals surface area contributed by atoms with E-state index in [9.17, 15) is 4.21 Å². The zero-order valence-corrected chi connectivity index (χ0v) is 16.6. The van der Waals surface area contributed by atoms with Gasteiger partial charge in [0.2, 0.25) is 0 Å². The molecule has 1 unspecified atom stereocenters. The third-order valence-electron chi connectivity index (χ3n) is 3.66. The molecule has 0 saturated carbocycles. The summed E-state index contributed by atoms with van der Waals surface area (Å²) in [6.07, 6.45) is 1.70. The van der Waals surface area contributed by atoms with Gasteiger partial charge in [-0.3, -0.25) is 0 Å². The van der Waals surface area contributed by atoms with Crippen LogP contribution in [0.15, 0.2) is 53.6 Å². The first-order chi connectivity index (χ1) is 10.4. The average molecular weight is 420 g/mol. The van der Waals surface area contributed by atoms with Crippen molar-refractivity contribution in [1.29, 1.82) is 0 Å². The number of anilines is 1. The van der Waals surface area contributed by atoms with Crippen LogP contribution in [-0.2, 0) is 11.0 Å². The monoisotopic (exact) mass is 421 g/mol. The van der Waals surface area contributed by atoms with E-state index in [0.717, 1.165) is 21.5 Å². The Labute approximate surface area is 136 Å². The number of hydrogen-bond acceptors (Lipinski definition) is 3. The quantitative estimate of drug-likeness (QED) is 0.524. The third-order valence-corrected chi connectivity index (χ3v) is 10.7. The minimum atomic E-state index is -2.27. The van der Waals surface area contributed by atoms with Crippen LogP contribution in [0.3, 0.4) is 0 Å². The van der Waals surface area contributed by atoms with Crippen molar-refractivity contribution in [2.24, 2.45) is 0 Å². The van der Waals surface area contributed by atoms with E-state index in [2.05, 4.69) is 32.1 Å². The van der Waals surface area contributed by atoms with Gasteiger partial charge in [-0.25, -0.2) is 0 Å². The Kier molecular flexibility index (Phi) is 4.03. The van der Waals surface area contributed by atoms with Gasteiger partial charge in [-0.15, -0.1) is 0 Å². The van der Waals surface area contributed by atoms with E-state index in [1.807, 2.05) is 30.3 Å². The number of hydrogen-bond donors (Lipinski definition) is 1. The van der Waals surface area contributed by atoms with Gasteiger partial charge in [0.05, 0.1) is 0 Å². The fourth-order valence-electron chi connectivity index (χ4n) is 2.33. The van der Waals surface area contributed by atoms with Gasteiger partial charge in [0.25, 0.3) is 0 Å². The first kappa shape index (κ1) is 15.6. The summed E-state index contributed by atoms with van der Waals surface area (Å²) in [7, 11) is -1.36. The summed E-state index contributed by atoms with van der Waals surface area (Å²) in [4.78, 5) is 7.74. The fourth-order valence-corrected chi connectivity index (χ4v) is 6.69. The number of nitrogens with zero attached hydrogens (tertiary/aromatic N) is 2. The standard InChI is InChI=1S/C13H10N3OS.3CH3.Sn/c14-12-7-4-8-13-11(12)9-15-16(13)18(17)10-5-2-1-3-6-10;;;;/h1-3,5-9H,14H2;3*1H3;. The van der Waals surface area contributed by atoms with E-state index in [4.69, 9.17) is 5.73 Å². The fraction of sp³-hybridized carbons (Fsp3) is 0.188. The van der Waals surface area contributed by atoms with Crippen molar-refractivity contribution in [3.63, 3.8) is 0 Å². The van der Waals surface area contributed by atoms with Gasteiger partial charge in [0.15, 0.2) is 0 Å². The zero-order chi connectivity index (χ0) is 15.9. The van der Waals surface area contributed by atoms with Crippen LogP contribution < -0.4 is 9.31 Å². The molecular weight excluding hydrogens is 401 g/mol. The molecule has 0 fully saturated rings. The summed E-state index contributed by atoms with van der Waals surface area (Å²) >= 11 is -2.27. The molecule has 0 bridgehead atoms. The molecule has 4 nitrogen and oxygen atoms in total. The molecule has 2 aromatic carbocycles. The SMILES string of the molecule is [CH3][Sn]([CH3])([CH3])[c]1cc(N)c2cnn(S(=O)c3ccccc3)c2c1. The minimum absolute atomic E-state index is 0.718. The van der Waals surface area contributed by atoms with Crippen molar-refractivity contribution < 1.29 is 4.21 Å². The van der Waals surface area contributed by atoms with Crippen molar-refractivity contribution in [3.8, 4) is 0 Å². The van der Waals surface area contributed by atoms with Crippen LogP contribution in [0, 0.1) is 0 Å². The van der Waals surface area contributed by atoms with Crippen LogP contribution in [0.5, 0.6) is 0 Å². The molecule has 1 atom stereocenters. The Morgan fingerprint density at radius 1 is 1.14 bits per heavy atom. The number of fused-ring (bicyclic) bond motifs is 1. The van der Waals surface area contributed by atoms with Crippen molar-refractivity contribution in [3.05, 3.63) is 48.7 Å². The van der Waals surface area contributed by atoms with Crippen LogP contribution in [0.2, 0.25) is 14.8 Å². The first-order valence-corrected chi connectivity index (χ1v) is 18.2. The maximum absolute atomic E-state index is 12.8. The molecule has 0 aliphatic rings. The molecule has 0 saturated heterocycles. The predicted octanol–water partition coefficient (Wildman–Crippen LogP) is 2.73. The van der Waals surface area contributed by atoms with Gasteiger partial charge in [0, 0.05) is 0 Å². The van der Waals surface area contributed by atoms with E-state index in [1.54, 1.807) is 10.3 Å². The second-order valence-electron chi connectivity index (χ2n) is 6.33. The molecule has 3 rings (SSSR count). The number of aromatic nitrogens is 2. The number of nitrogens with two attached hydrogens (primary N) is 1. The average Bonchev–Trinajstić information content (AvgIpc) is 2.91. The molecule has 6 heteroatoms. The number of rotatable bonds is 3. The second kappa shape index (κ2) is 5.70. The van der Waals surface area contributed by atoms with E-state index in [-0.39, 0.29) is 0 Å². The zero-order valence-electron chi connectivity index (χ0n) is 12.9. The molecule has 0 radical (unpaired) electrons. The number of nitrogen functional groups attached to an aromatic ring is 1. The summed E-state index contributed by atoms with van der Waals surface area (Å²) in [5, 5.41) is 5.18. The van der Waals surface area contributed by atoms with Crippen molar-refractivity contribution in [2.75, 3.05) is 5.73 Å². The molecule has 1 aromatic heterocycles. The summed E-state index contributed by atoms with van der Waals surface area (Å²) in [5.41, 5.74) is 7.76. The molecule has 3 aromatic rings. The summed E-state index contributed by atoms with van der Waals surface area (Å²) in [6, 6.07) is 13.5. The molecule has 0 aliphatic carbocycles. The molecule has 0 aliphatic heterocycles. The maximum atomic E-state index is 12.8. The van der Waals surface area contributed by atoms with Gasteiger partial charge < -0.3 is 0 Å². The third kappa shape index (κ3) is 2.79. The molecule has 114 valence electrons. The Morgan fingerprint density at radius 3 is 2.45 bits per heavy atom. The topological polar surface area (TPSA) is 60.9 Å². The van der Waals surface area contributed by atoms with Gasteiger partial charge >= 0.3 is 137 Å². The van der Waals surface area contributed by atoms with E-state index in [1.165, 1.54) is 3.58 Å². The van der Waals surface area contributed by atoms with Crippen molar-refractivity contribution in [1.82, 2.24) is 9.19 Å². The van der Waals surface area contributed by atoms with Crippen LogP contribution in [0.25, 0.3) is 10.9 Å². The van der Waals surface area contributed by atoms with Gasteiger partial charge in [-0.05, 0) is 0 Å². The summed E-state index contributed by atoms with van der Waals surface area (Å²) in [6.45, 7) is 0. The van der Waals surface area contributed by atoms with E-state index in [0.29, 0.717) is 0 Å². The first-order valence-electron chi connectivity index (χ1n) is 7.13. The molecule has 22 heavy (non-hydrogen) atoms. The van der Waals surface area contributed by atoms with E-state index < -0.39 is 29.4 Å². The Balaban J connectivity index is 2.19. The summed E-state index contributed by atoms with van der Waals surface area (Å²) < 4.78 is 15.7. The van der Waals surface area contributed by atoms with Crippen LogP contribution in [0.4, 0.5) is 5.69 Å². The Morgan fingerprint density at radius 2 is 1.82 bits per heavy atom. The number of benzene rings is 2. The molecular formula is C16H19N3OSSn. The second-order valence-corrected chi connectivity index (χ2v) is 22.1. The molecule has 2 N–H and O–H groups in total. The van der Waals surface area contributed by atoms with E-state index >= 15 is 0 Å². The molecule has 0 amide bonds. The molecule has 0 spiro atoms. The van der Waals surface area contributed by atoms with Crippen LogP contribution in [-0.4, -0.2) is 31.8 Å². The molecule has 1 heterocycles. The van der Waals surface area contributed by atoms with Crippen LogP contribution in [0.1, 0.15) is 0 Å². The normalized spacial score (nSPS) is 13.4. The predicted molar refractivity (Wildman–Crippen MR) is 95.4 cm³/mol. The Hall–Kier alpha value is -1.34.